The number of Topliss-reactive ketones (excluding diaryl/α,β-unsaturated/α-hetero) is 1. The van der Waals surface area contributed by atoms with Crippen molar-refractivity contribution < 1.29 is 23.9 Å². The molecule has 0 saturated heterocycles. The monoisotopic (exact) mass is 616 g/mol. The van der Waals surface area contributed by atoms with Crippen molar-refractivity contribution in [1.29, 1.82) is 0 Å². The van der Waals surface area contributed by atoms with Crippen LogP contribution in [0.15, 0.2) is 73.3 Å². The van der Waals surface area contributed by atoms with Gasteiger partial charge in [0.2, 0.25) is 0 Å². The van der Waals surface area contributed by atoms with E-state index >= 15 is 0 Å². The van der Waals surface area contributed by atoms with Gasteiger partial charge in [-0.1, -0.05) is 115 Å². The van der Waals surface area contributed by atoms with Crippen molar-refractivity contribution in [3.05, 3.63) is 73.3 Å². The number of ether oxygens (including phenoxy) is 1. The van der Waals surface area contributed by atoms with Crippen LogP contribution >= 0.6 is 0 Å². The minimum absolute atomic E-state index is 0.0658. The molecule has 2 aromatic carbocycles. The lowest BCUT2D eigenvalue weighted by atomic mass is 9.44. The number of rotatable bonds is 7. The van der Waals surface area contributed by atoms with Gasteiger partial charge in [0.15, 0.2) is 0 Å². The molecule has 0 radical (unpaired) electrons. The van der Waals surface area contributed by atoms with Crippen molar-refractivity contribution in [3.8, 4) is 0 Å². The number of ketones is 1. The van der Waals surface area contributed by atoms with Gasteiger partial charge in [-0.3, -0.25) is 4.79 Å². The van der Waals surface area contributed by atoms with Gasteiger partial charge in [-0.15, -0.1) is 6.58 Å². The Morgan fingerprint density at radius 2 is 1.59 bits per heavy atom. The number of benzene rings is 2. The van der Waals surface area contributed by atoms with Crippen LogP contribution in [-0.4, -0.2) is 44.0 Å². The van der Waals surface area contributed by atoms with Crippen LogP contribution in [0.5, 0.6) is 0 Å². The van der Waals surface area contributed by atoms with Gasteiger partial charge in [-0.05, 0) is 58.3 Å². The third-order valence-electron chi connectivity index (χ3n) is 12.4. The summed E-state index contributed by atoms with van der Waals surface area (Å²) in [6.45, 7) is 19.0. The van der Waals surface area contributed by atoms with Crippen LogP contribution in [-0.2, 0) is 18.8 Å². The first-order chi connectivity index (χ1) is 20.7. The second-order valence-corrected chi connectivity index (χ2v) is 19.8. The van der Waals surface area contributed by atoms with Gasteiger partial charge in [0.1, 0.15) is 18.5 Å². The molecule has 238 valence electrons. The van der Waals surface area contributed by atoms with Gasteiger partial charge in [-0.2, -0.15) is 0 Å². The molecule has 0 aromatic heterocycles. The second-order valence-electron chi connectivity index (χ2n) is 15.5. The molecule has 2 aromatic rings. The molecule has 1 unspecified atom stereocenters. The van der Waals surface area contributed by atoms with Crippen LogP contribution in [0.1, 0.15) is 80.6 Å². The molecule has 0 aliphatic heterocycles. The first-order valence-corrected chi connectivity index (χ1v) is 18.4. The highest BCUT2D eigenvalue weighted by Crippen LogP contribution is 2.68. The number of esters is 1. The molecule has 1 N–H and O–H groups in total. The predicted molar refractivity (Wildman–Crippen MR) is 178 cm³/mol. The number of aliphatic hydroxyl groups is 1. The molecule has 3 aliphatic rings. The molecule has 5 nitrogen and oxygen atoms in total. The Bertz CT molecular complexity index is 1330. The van der Waals surface area contributed by atoms with Gasteiger partial charge in [-0.25, -0.2) is 4.79 Å². The molecule has 8 atom stereocenters. The Labute approximate surface area is 265 Å². The summed E-state index contributed by atoms with van der Waals surface area (Å²) in [5.74, 6) is -0.316. The van der Waals surface area contributed by atoms with E-state index in [-0.39, 0.29) is 40.6 Å². The van der Waals surface area contributed by atoms with Crippen molar-refractivity contribution in [2.45, 2.75) is 97.8 Å². The van der Waals surface area contributed by atoms with Crippen LogP contribution in [0, 0.1) is 34.0 Å². The second kappa shape index (κ2) is 11.7. The molecule has 3 fully saturated rings. The van der Waals surface area contributed by atoms with E-state index in [1.54, 1.807) is 0 Å². The SMILES string of the molecule is C=C[C@]1(C)C[C@@H](OC(=O)CO[Si](c2ccccc2)(c2ccccc2)C(C)(C)C)[C@]2(C)C(C)CC[C@]3(CCC(=O)[C@H]32)[C@@H](C)[C@@H]1O. The molecule has 0 heterocycles. The fraction of sp³-hybridized carbons (Fsp3) is 0.579. The molecule has 6 heteroatoms. The highest BCUT2D eigenvalue weighted by molar-refractivity contribution is 6.99. The first-order valence-electron chi connectivity index (χ1n) is 16.5. The lowest BCUT2D eigenvalue weighted by molar-refractivity contribution is -0.207. The highest BCUT2D eigenvalue weighted by Gasteiger charge is 2.68. The maximum atomic E-state index is 14.1. The number of carbonyl (C=O) groups is 2. The van der Waals surface area contributed by atoms with Crippen LogP contribution < -0.4 is 10.4 Å². The number of carbonyl (C=O) groups excluding carboxylic acids is 2. The van der Waals surface area contributed by atoms with Gasteiger partial charge in [0, 0.05) is 23.2 Å². The Balaban J connectivity index is 1.53. The maximum absolute atomic E-state index is 14.1. The van der Waals surface area contributed by atoms with Crippen LogP contribution in [0.25, 0.3) is 0 Å². The molecule has 0 amide bonds. The summed E-state index contributed by atoms with van der Waals surface area (Å²) >= 11 is 0. The fourth-order valence-corrected chi connectivity index (χ4v) is 14.1. The standard InChI is InChI=1S/C38H52O5Si/c1-9-36(7)24-31(37(8)26(2)20-22-38(27(3)34(36)41)23-21-30(39)33(37)38)43-32(40)25-42-44(35(4,5)6,28-16-12-10-13-17-28)29-18-14-11-15-19-29/h9-19,26-27,31,33-34,41H,1,20-25H2,2-8H3/t26?,27-,31+,33-,34-,36+,37-,38-/m0/s1. The largest absolute Gasteiger partial charge is 0.460 e. The van der Waals surface area contributed by atoms with Gasteiger partial charge >= 0.3 is 5.97 Å². The summed E-state index contributed by atoms with van der Waals surface area (Å²) in [6, 6.07) is 20.6. The van der Waals surface area contributed by atoms with Gasteiger partial charge in [0.05, 0.1) is 6.10 Å². The number of hydrogen-bond acceptors (Lipinski definition) is 5. The van der Waals surface area contributed by atoms with E-state index in [9.17, 15) is 14.7 Å². The topological polar surface area (TPSA) is 72.8 Å². The molecule has 0 spiro atoms. The molecule has 5 rings (SSSR count). The Morgan fingerprint density at radius 1 is 1.02 bits per heavy atom. The van der Waals surface area contributed by atoms with Crippen molar-refractivity contribution in [1.82, 2.24) is 0 Å². The van der Waals surface area contributed by atoms with Crippen LogP contribution in [0.2, 0.25) is 5.04 Å². The van der Waals surface area contributed by atoms with Crippen LogP contribution in [0.4, 0.5) is 0 Å². The van der Waals surface area contributed by atoms with Crippen molar-refractivity contribution in [2.24, 2.45) is 34.0 Å². The summed E-state index contributed by atoms with van der Waals surface area (Å²) in [6.07, 6.45) is 4.14. The van der Waals surface area contributed by atoms with E-state index in [1.807, 2.05) is 49.4 Å². The molecule has 3 aliphatic carbocycles. The summed E-state index contributed by atoms with van der Waals surface area (Å²) in [7, 11) is -2.95. The van der Waals surface area contributed by atoms with E-state index < -0.39 is 37.3 Å². The molecular formula is C38H52O5Si. The average Bonchev–Trinajstić information content (AvgIpc) is 3.36. The quantitative estimate of drug-likeness (QED) is 0.219. The normalized spacial score (nSPS) is 35.7. The summed E-state index contributed by atoms with van der Waals surface area (Å²) in [5, 5.41) is 13.8. The van der Waals surface area contributed by atoms with E-state index in [2.05, 4.69) is 72.4 Å². The molecule has 3 saturated carbocycles. The van der Waals surface area contributed by atoms with Crippen molar-refractivity contribution in [3.63, 3.8) is 0 Å². The molecular weight excluding hydrogens is 564 g/mol. The fourth-order valence-electron chi connectivity index (χ4n) is 9.62. The molecule has 44 heavy (non-hydrogen) atoms. The van der Waals surface area contributed by atoms with E-state index in [0.717, 1.165) is 29.6 Å². The minimum atomic E-state index is -2.95. The molecule has 2 bridgehead atoms. The average molecular weight is 617 g/mol. The van der Waals surface area contributed by atoms with Crippen LogP contribution in [0.3, 0.4) is 0 Å². The highest BCUT2D eigenvalue weighted by atomic mass is 28.4. The summed E-state index contributed by atoms with van der Waals surface area (Å²) in [4.78, 5) is 27.8. The van der Waals surface area contributed by atoms with Crippen molar-refractivity contribution >= 4 is 30.4 Å². The third-order valence-corrected chi connectivity index (χ3v) is 17.4. The zero-order valence-corrected chi connectivity index (χ0v) is 28.8. The lowest BCUT2D eigenvalue weighted by Gasteiger charge is -2.61. The van der Waals surface area contributed by atoms with Gasteiger partial charge < -0.3 is 14.3 Å². The predicted octanol–water partition coefficient (Wildman–Crippen LogP) is 6.47. The Hall–Kier alpha value is -2.54. The van der Waals surface area contributed by atoms with E-state index in [1.165, 1.54) is 0 Å². The van der Waals surface area contributed by atoms with Crippen molar-refractivity contribution in [2.75, 3.05) is 6.61 Å². The smallest absolute Gasteiger partial charge is 0.331 e. The van der Waals surface area contributed by atoms with E-state index in [0.29, 0.717) is 12.8 Å². The van der Waals surface area contributed by atoms with E-state index in [4.69, 9.17) is 9.16 Å². The first kappa shape index (κ1) is 32.8. The minimum Gasteiger partial charge on any atom is -0.460 e. The third kappa shape index (κ3) is 4.96. The zero-order valence-electron chi connectivity index (χ0n) is 27.8. The number of aliphatic hydroxyl groups excluding tert-OH is 1. The maximum Gasteiger partial charge on any atom is 0.331 e. The zero-order chi connectivity index (χ0) is 32.1. The van der Waals surface area contributed by atoms with Gasteiger partial charge in [0.25, 0.3) is 8.32 Å². The Morgan fingerprint density at radius 3 is 2.11 bits per heavy atom. The number of hydrogen-bond donors (Lipinski definition) is 1. The summed E-state index contributed by atoms with van der Waals surface area (Å²) < 4.78 is 13.5. The summed E-state index contributed by atoms with van der Waals surface area (Å²) in [5.41, 5.74) is -1.54. The lowest BCUT2D eigenvalue weighted by Crippen LogP contribution is -2.67. The Kier molecular flexibility index (Phi) is 8.71.